The average molecular weight is 457 g/mol. The summed E-state index contributed by atoms with van der Waals surface area (Å²) in [6, 6.07) is 33.8. The van der Waals surface area contributed by atoms with Crippen molar-refractivity contribution in [3.8, 4) is 0 Å². The highest BCUT2D eigenvalue weighted by molar-refractivity contribution is 7.92. The van der Waals surface area contributed by atoms with Gasteiger partial charge in [-0.15, -0.1) is 0 Å². The lowest BCUT2D eigenvalue weighted by Crippen LogP contribution is -2.31. The third kappa shape index (κ3) is 4.96. The molecule has 0 aliphatic rings. The highest BCUT2D eigenvalue weighted by atomic mass is 32.2. The molecule has 4 rings (SSSR count). The highest BCUT2D eigenvalue weighted by Crippen LogP contribution is 2.27. The normalized spacial score (nSPS) is 11.1. The van der Waals surface area contributed by atoms with Crippen molar-refractivity contribution in [3.63, 3.8) is 0 Å². The second-order valence-electron chi connectivity index (χ2n) is 7.56. The van der Waals surface area contributed by atoms with E-state index in [0.29, 0.717) is 11.3 Å². The minimum atomic E-state index is -3.94. The largest absolute Gasteiger partial charge is 0.311 e. The lowest BCUT2D eigenvalue weighted by Gasteiger charge is -2.25. The minimum Gasteiger partial charge on any atom is -0.311 e. The van der Waals surface area contributed by atoms with Gasteiger partial charge in [-0.1, -0.05) is 72.8 Å². The van der Waals surface area contributed by atoms with Gasteiger partial charge in [0.1, 0.15) is 0 Å². The summed E-state index contributed by atoms with van der Waals surface area (Å²) in [7, 11) is -2.26. The zero-order chi connectivity index (χ0) is 23.3. The van der Waals surface area contributed by atoms with Crippen LogP contribution in [0.1, 0.15) is 15.9 Å². The smallest absolute Gasteiger partial charge is 0.264 e. The standard InChI is InChI=1S/C27H24N2O3S/c1-28(24-15-7-3-8-16-24)27(30)23-14-11-19-26(20-23)33(31,32)29(25-17-9-4-10-18-25)21-22-12-5-2-6-13-22/h2-20H,21H2,1H3. The molecule has 4 aromatic rings. The van der Waals surface area contributed by atoms with Gasteiger partial charge >= 0.3 is 0 Å². The van der Waals surface area contributed by atoms with Crippen LogP contribution in [-0.2, 0) is 16.6 Å². The summed E-state index contributed by atoms with van der Waals surface area (Å²) in [5.41, 5.74) is 2.45. The van der Waals surface area contributed by atoms with E-state index >= 15 is 0 Å². The minimum absolute atomic E-state index is 0.0644. The number of carbonyl (C=O) groups is 1. The number of amides is 1. The number of hydrogen-bond acceptors (Lipinski definition) is 3. The van der Waals surface area contributed by atoms with E-state index in [1.807, 2.05) is 66.7 Å². The molecule has 0 saturated carbocycles. The number of nitrogens with zero attached hydrogens (tertiary/aromatic N) is 2. The fourth-order valence-electron chi connectivity index (χ4n) is 3.54. The first-order valence-electron chi connectivity index (χ1n) is 10.5. The third-order valence-corrected chi connectivity index (χ3v) is 7.10. The molecule has 1 amide bonds. The van der Waals surface area contributed by atoms with E-state index in [1.165, 1.54) is 21.3 Å². The van der Waals surface area contributed by atoms with Crippen LogP contribution >= 0.6 is 0 Å². The molecular weight excluding hydrogens is 432 g/mol. The Balaban J connectivity index is 1.71. The van der Waals surface area contributed by atoms with Crippen molar-refractivity contribution in [2.24, 2.45) is 0 Å². The summed E-state index contributed by atoms with van der Waals surface area (Å²) < 4.78 is 28.9. The second kappa shape index (κ2) is 9.71. The van der Waals surface area contributed by atoms with Gasteiger partial charge in [0, 0.05) is 18.3 Å². The number of sulfonamides is 1. The van der Waals surface area contributed by atoms with Crippen LogP contribution in [0, 0.1) is 0 Å². The van der Waals surface area contributed by atoms with Gasteiger partial charge in [-0.2, -0.15) is 0 Å². The highest BCUT2D eigenvalue weighted by Gasteiger charge is 2.26. The first-order chi connectivity index (χ1) is 16.0. The Morgan fingerprint density at radius 1 is 0.697 bits per heavy atom. The Morgan fingerprint density at radius 2 is 1.24 bits per heavy atom. The Morgan fingerprint density at radius 3 is 1.85 bits per heavy atom. The summed E-state index contributed by atoms with van der Waals surface area (Å²) in [5, 5.41) is 0. The molecule has 4 aromatic carbocycles. The molecule has 33 heavy (non-hydrogen) atoms. The summed E-state index contributed by atoms with van der Waals surface area (Å²) in [6.07, 6.45) is 0. The SMILES string of the molecule is CN(C(=O)c1cccc(S(=O)(=O)N(Cc2ccccc2)c2ccccc2)c1)c1ccccc1. The van der Waals surface area contributed by atoms with Crippen molar-refractivity contribution in [1.29, 1.82) is 0 Å². The first kappa shape index (κ1) is 22.3. The van der Waals surface area contributed by atoms with Crippen molar-refractivity contribution in [2.75, 3.05) is 16.3 Å². The molecule has 6 heteroatoms. The van der Waals surface area contributed by atoms with Crippen LogP contribution in [0.4, 0.5) is 11.4 Å². The molecule has 0 spiro atoms. The maximum Gasteiger partial charge on any atom is 0.264 e. The second-order valence-corrected chi connectivity index (χ2v) is 9.42. The first-order valence-corrected chi connectivity index (χ1v) is 12.0. The van der Waals surface area contributed by atoms with Gasteiger partial charge in [-0.3, -0.25) is 9.10 Å². The van der Waals surface area contributed by atoms with Crippen molar-refractivity contribution in [2.45, 2.75) is 11.4 Å². The Labute approximate surface area is 194 Å². The van der Waals surface area contributed by atoms with Gasteiger partial charge < -0.3 is 4.90 Å². The monoisotopic (exact) mass is 456 g/mol. The predicted octanol–water partition coefficient (Wildman–Crippen LogP) is 5.36. The van der Waals surface area contributed by atoms with Crippen LogP contribution in [0.15, 0.2) is 120 Å². The molecule has 0 atom stereocenters. The maximum absolute atomic E-state index is 13.8. The van der Waals surface area contributed by atoms with Crippen LogP contribution < -0.4 is 9.21 Å². The molecule has 0 N–H and O–H groups in total. The summed E-state index contributed by atoms with van der Waals surface area (Å²) in [6.45, 7) is 0.176. The average Bonchev–Trinajstić information content (AvgIpc) is 2.88. The molecule has 0 radical (unpaired) electrons. The summed E-state index contributed by atoms with van der Waals surface area (Å²) in [4.78, 5) is 14.6. The molecule has 5 nitrogen and oxygen atoms in total. The van der Waals surface area contributed by atoms with Crippen molar-refractivity contribution in [3.05, 3.63) is 126 Å². The molecule has 0 aromatic heterocycles. The lowest BCUT2D eigenvalue weighted by molar-refractivity contribution is 0.0993. The van der Waals surface area contributed by atoms with Crippen LogP contribution in [0.2, 0.25) is 0 Å². The molecule has 0 bridgehead atoms. The number of carbonyl (C=O) groups excluding carboxylic acids is 1. The molecule has 0 fully saturated rings. The number of para-hydroxylation sites is 2. The lowest BCUT2D eigenvalue weighted by atomic mass is 10.2. The number of anilines is 2. The summed E-state index contributed by atoms with van der Waals surface area (Å²) >= 11 is 0. The quantitative estimate of drug-likeness (QED) is 0.376. The van der Waals surface area contributed by atoms with Gasteiger partial charge in [-0.25, -0.2) is 8.42 Å². The van der Waals surface area contributed by atoms with E-state index in [-0.39, 0.29) is 17.3 Å². The van der Waals surface area contributed by atoms with Crippen molar-refractivity contribution < 1.29 is 13.2 Å². The van der Waals surface area contributed by atoms with E-state index in [2.05, 4.69) is 0 Å². The Kier molecular flexibility index (Phi) is 6.56. The zero-order valence-corrected chi connectivity index (χ0v) is 19.0. The molecule has 166 valence electrons. The van der Waals surface area contributed by atoms with Crippen LogP contribution in [0.25, 0.3) is 0 Å². The van der Waals surface area contributed by atoms with E-state index in [1.54, 1.807) is 43.4 Å². The molecule has 0 unspecified atom stereocenters. The van der Waals surface area contributed by atoms with Crippen LogP contribution in [0.3, 0.4) is 0 Å². The van der Waals surface area contributed by atoms with Gasteiger partial charge in [0.25, 0.3) is 15.9 Å². The predicted molar refractivity (Wildman–Crippen MR) is 132 cm³/mol. The van der Waals surface area contributed by atoms with E-state index in [0.717, 1.165) is 11.3 Å². The molecule has 0 saturated heterocycles. The summed E-state index contributed by atoms with van der Waals surface area (Å²) in [5.74, 6) is -0.285. The van der Waals surface area contributed by atoms with Crippen LogP contribution in [-0.4, -0.2) is 21.4 Å². The van der Waals surface area contributed by atoms with Crippen LogP contribution in [0.5, 0.6) is 0 Å². The molecule has 0 aliphatic heterocycles. The Hall–Kier alpha value is -3.90. The van der Waals surface area contributed by atoms with Gasteiger partial charge in [0.2, 0.25) is 0 Å². The fraction of sp³-hybridized carbons (Fsp3) is 0.0741. The number of hydrogen-bond donors (Lipinski definition) is 0. The number of rotatable bonds is 7. The van der Waals surface area contributed by atoms with E-state index < -0.39 is 10.0 Å². The molecule has 0 heterocycles. The van der Waals surface area contributed by atoms with E-state index in [4.69, 9.17) is 0 Å². The topological polar surface area (TPSA) is 57.7 Å². The zero-order valence-electron chi connectivity index (χ0n) is 18.2. The van der Waals surface area contributed by atoms with Crippen molar-refractivity contribution in [1.82, 2.24) is 0 Å². The number of benzene rings is 4. The van der Waals surface area contributed by atoms with Gasteiger partial charge in [0.05, 0.1) is 17.1 Å². The maximum atomic E-state index is 13.8. The van der Waals surface area contributed by atoms with E-state index in [9.17, 15) is 13.2 Å². The third-order valence-electron chi connectivity index (χ3n) is 5.33. The van der Waals surface area contributed by atoms with Gasteiger partial charge in [0.15, 0.2) is 0 Å². The molecule has 0 aliphatic carbocycles. The van der Waals surface area contributed by atoms with Gasteiger partial charge in [-0.05, 0) is 48.0 Å². The molecular formula is C27H24N2O3S. The van der Waals surface area contributed by atoms with Crippen molar-refractivity contribution >= 4 is 27.3 Å². The fourth-order valence-corrected chi connectivity index (χ4v) is 5.04. The Bertz CT molecular complexity index is 1330.